The predicted octanol–water partition coefficient (Wildman–Crippen LogP) is 1.53. The normalized spacial score (nSPS) is 11.4. The Labute approximate surface area is 103 Å². The minimum Gasteiger partial charge on any atom is -0.497 e. The van der Waals surface area contributed by atoms with Gasteiger partial charge < -0.3 is 20.5 Å². The molecule has 4 heteroatoms. The van der Waals surface area contributed by atoms with Crippen LogP contribution < -0.4 is 20.5 Å². The van der Waals surface area contributed by atoms with Crippen LogP contribution in [0.5, 0.6) is 11.5 Å². The quantitative estimate of drug-likeness (QED) is 0.789. The number of methoxy groups -OCH3 is 2. The van der Waals surface area contributed by atoms with Crippen molar-refractivity contribution in [3.63, 3.8) is 0 Å². The van der Waals surface area contributed by atoms with Gasteiger partial charge in [-0.2, -0.15) is 0 Å². The molecule has 0 unspecified atom stereocenters. The molecule has 0 atom stereocenters. The summed E-state index contributed by atoms with van der Waals surface area (Å²) in [6, 6.07) is 5.80. The Kier molecular flexibility index (Phi) is 4.78. The van der Waals surface area contributed by atoms with Gasteiger partial charge in [-0.25, -0.2) is 0 Å². The molecule has 96 valence electrons. The number of ether oxygens (including phenoxy) is 2. The molecule has 17 heavy (non-hydrogen) atoms. The van der Waals surface area contributed by atoms with E-state index in [9.17, 15) is 0 Å². The van der Waals surface area contributed by atoms with Crippen molar-refractivity contribution in [1.29, 1.82) is 0 Å². The zero-order valence-electron chi connectivity index (χ0n) is 11.0. The zero-order valence-corrected chi connectivity index (χ0v) is 11.0. The van der Waals surface area contributed by atoms with E-state index in [1.807, 2.05) is 32.0 Å². The Hall–Kier alpha value is -1.26. The average Bonchev–Trinajstić information content (AvgIpc) is 2.27. The molecule has 0 radical (unpaired) electrons. The van der Waals surface area contributed by atoms with E-state index < -0.39 is 0 Å². The fraction of sp³-hybridized carbons (Fsp3) is 0.538. The second-order valence-corrected chi connectivity index (χ2v) is 4.77. The van der Waals surface area contributed by atoms with Crippen molar-refractivity contribution < 1.29 is 9.47 Å². The minimum atomic E-state index is -0.209. The van der Waals surface area contributed by atoms with Gasteiger partial charge in [0, 0.05) is 30.3 Å². The van der Waals surface area contributed by atoms with Crippen LogP contribution in [0.25, 0.3) is 0 Å². The van der Waals surface area contributed by atoms with Crippen LogP contribution >= 0.6 is 0 Å². The Bertz CT molecular complexity index is 359. The van der Waals surface area contributed by atoms with E-state index in [0.29, 0.717) is 0 Å². The summed E-state index contributed by atoms with van der Waals surface area (Å²) in [5.74, 6) is 1.62. The first-order chi connectivity index (χ1) is 7.96. The molecule has 0 heterocycles. The molecular weight excluding hydrogens is 216 g/mol. The summed E-state index contributed by atoms with van der Waals surface area (Å²) in [5, 5.41) is 3.31. The van der Waals surface area contributed by atoms with E-state index in [2.05, 4.69) is 5.32 Å². The molecule has 0 saturated heterocycles. The van der Waals surface area contributed by atoms with Crippen molar-refractivity contribution in [3.05, 3.63) is 23.8 Å². The number of nitrogens with two attached hydrogens (primary N) is 1. The van der Waals surface area contributed by atoms with Crippen LogP contribution in [0.1, 0.15) is 19.4 Å². The fourth-order valence-electron chi connectivity index (χ4n) is 1.52. The van der Waals surface area contributed by atoms with Crippen molar-refractivity contribution >= 4 is 0 Å². The first kappa shape index (κ1) is 13.8. The van der Waals surface area contributed by atoms with Crippen molar-refractivity contribution in [2.45, 2.75) is 25.9 Å². The van der Waals surface area contributed by atoms with Gasteiger partial charge in [0.05, 0.1) is 14.2 Å². The van der Waals surface area contributed by atoms with E-state index in [4.69, 9.17) is 15.2 Å². The van der Waals surface area contributed by atoms with Crippen LogP contribution in [0.2, 0.25) is 0 Å². The van der Waals surface area contributed by atoms with Crippen LogP contribution in [-0.2, 0) is 6.54 Å². The average molecular weight is 238 g/mol. The van der Waals surface area contributed by atoms with E-state index in [1.54, 1.807) is 14.2 Å². The number of benzene rings is 1. The van der Waals surface area contributed by atoms with Crippen LogP contribution in [0.4, 0.5) is 0 Å². The smallest absolute Gasteiger partial charge is 0.127 e. The Morgan fingerprint density at radius 2 is 1.94 bits per heavy atom. The molecule has 0 fully saturated rings. The van der Waals surface area contributed by atoms with Crippen molar-refractivity contribution in [3.8, 4) is 11.5 Å². The maximum Gasteiger partial charge on any atom is 0.127 e. The summed E-state index contributed by atoms with van der Waals surface area (Å²) in [7, 11) is 3.30. The lowest BCUT2D eigenvalue weighted by atomic mass is 10.1. The summed E-state index contributed by atoms with van der Waals surface area (Å²) in [6.07, 6.45) is 0. The summed E-state index contributed by atoms with van der Waals surface area (Å²) in [4.78, 5) is 0. The summed E-state index contributed by atoms with van der Waals surface area (Å²) in [6.45, 7) is 5.46. The Morgan fingerprint density at radius 1 is 1.24 bits per heavy atom. The van der Waals surface area contributed by atoms with E-state index in [0.717, 1.165) is 30.2 Å². The molecule has 1 rings (SSSR count). The summed E-state index contributed by atoms with van der Waals surface area (Å²) in [5.41, 5.74) is 6.79. The predicted molar refractivity (Wildman–Crippen MR) is 69.5 cm³/mol. The topological polar surface area (TPSA) is 56.5 Å². The zero-order chi connectivity index (χ0) is 12.9. The van der Waals surface area contributed by atoms with Crippen LogP contribution in [-0.4, -0.2) is 26.3 Å². The number of hydrogen-bond donors (Lipinski definition) is 2. The standard InChI is InChI=1S/C13H22N2O2/c1-13(2,14)9-15-8-10-5-6-11(16-3)7-12(10)17-4/h5-7,15H,8-9,14H2,1-4H3. The lowest BCUT2D eigenvalue weighted by Gasteiger charge is -2.19. The Morgan fingerprint density at radius 3 is 2.47 bits per heavy atom. The SMILES string of the molecule is COc1ccc(CNCC(C)(C)N)c(OC)c1. The molecular formula is C13H22N2O2. The van der Waals surface area contributed by atoms with Crippen molar-refractivity contribution in [1.82, 2.24) is 5.32 Å². The van der Waals surface area contributed by atoms with Gasteiger partial charge in [0.1, 0.15) is 11.5 Å². The molecule has 0 aliphatic carbocycles. The Balaban J connectivity index is 2.64. The number of hydrogen-bond acceptors (Lipinski definition) is 4. The highest BCUT2D eigenvalue weighted by atomic mass is 16.5. The second kappa shape index (κ2) is 5.89. The maximum absolute atomic E-state index is 5.90. The lowest BCUT2D eigenvalue weighted by molar-refractivity contribution is 0.388. The first-order valence-corrected chi connectivity index (χ1v) is 5.67. The highest BCUT2D eigenvalue weighted by molar-refractivity contribution is 5.40. The monoisotopic (exact) mass is 238 g/mol. The van der Waals surface area contributed by atoms with Crippen LogP contribution in [0, 0.1) is 0 Å². The van der Waals surface area contributed by atoms with Crippen LogP contribution in [0.3, 0.4) is 0 Å². The highest BCUT2D eigenvalue weighted by Crippen LogP contribution is 2.24. The summed E-state index contributed by atoms with van der Waals surface area (Å²) < 4.78 is 10.5. The molecule has 0 aliphatic heterocycles. The third-order valence-corrected chi connectivity index (χ3v) is 2.39. The fourth-order valence-corrected chi connectivity index (χ4v) is 1.52. The van der Waals surface area contributed by atoms with Gasteiger partial charge >= 0.3 is 0 Å². The molecule has 0 spiro atoms. The largest absolute Gasteiger partial charge is 0.497 e. The van der Waals surface area contributed by atoms with Gasteiger partial charge in [0.2, 0.25) is 0 Å². The van der Waals surface area contributed by atoms with Gasteiger partial charge in [0.25, 0.3) is 0 Å². The summed E-state index contributed by atoms with van der Waals surface area (Å²) >= 11 is 0. The van der Waals surface area contributed by atoms with E-state index in [-0.39, 0.29) is 5.54 Å². The molecule has 0 bridgehead atoms. The second-order valence-electron chi connectivity index (χ2n) is 4.77. The van der Waals surface area contributed by atoms with Gasteiger partial charge in [-0.15, -0.1) is 0 Å². The molecule has 3 N–H and O–H groups in total. The third-order valence-electron chi connectivity index (χ3n) is 2.39. The van der Waals surface area contributed by atoms with Crippen molar-refractivity contribution in [2.75, 3.05) is 20.8 Å². The van der Waals surface area contributed by atoms with E-state index in [1.165, 1.54) is 0 Å². The maximum atomic E-state index is 5.90. The van der Waals surface area contributed by atoms with Crippen LogP contribution in [0.15, 0.2) is 18.2 Å². The van der Waals surface area contributed by atoms with Gasteiger partial charge in [0.15, 0.2) is 0 Å². The lowest BCUT2D eigenvalue weighted by Crippen LogP contribution is -2.42. The molecule has 1 aromatic carbocycles. The molecule has 0 aromatic heterocycles. The molecule has 0 saturated carbocycles. The number of rotatable bonds is 6. The first-order valence-electron chi connectivity index (χ1n) is 5.67. The third kappa shape index (κ3) is 4.63. The number of nitrogens with one attached hydrogen (secondary N) is 1. The molecule has 0 aliphatic rings. The van der Waals surface area contributed by atoms with E-state index >= 15 is 0 Å². The minimum absolute atomic E-state index is 0.209. The molecule has 0 amide bonds. The van der Waals surface area contributed by atoms with Crippen molar-refractivity contribution in [2.24, 2.45) is 5.73 Å². The molecule has 4 nitrogen and oxygen atoms in total. The van der Waals surface area contributed by atoms with Gasteiger partial charge in [-0.1, -0.05) is 6.07 Å². The molecule has 1 aromatic rings. The van der Waals surface area contributed by atoms with Gasteiger partial charge in [-0.3, -0.25) is 0 Å². The highest BCUT2D eigenvalue weighted by Gasteiger charge is 2.10. The van der Waals surface area contributed by atoms with Gasteiger partial charge in [-0.05, 0) is 19.9 Å².